The summed E-state index contributed by atoms with van der Waals surface area (Å²) >= 11 is 0. The Bertz CT molecular complexity index is 378. The van der Waals surface area contributed by atoms with Crippen LogP contribution in [0.25, 0.3) is 0 Å². The van der Waals surface area contributed by atoms with E-state index in [4.69, 9.17) is 0 Å². The third kappa shape index (κ3) is 3.09. The van der Waals surface area contributed by atoms with Crippen molar-refractivity contribution < 1.29 is 0 Å². The van der Waals surface area contributed by atoms with Gasteiger partial charge in [-0.1, -0.05) is 26.0 Å². The first-order valence-electron chi connectivity index (χ1n) is 5.93. The van der Waals surface area contributed by atoms with E-state index >= 15 is 0 Å². The summed E-state index contributed by atoms with van der Waals surface area (Å²) in [5.41, 5.74) is 5.18. The molecular weight excluding hydrogens is 196 g/mol. The van der Waals surface area contributed by atoms with Crippen LogP contribution in [-0.2, 0) is 12.8 Å². The maximum atomic E-state index is 4.43. The summed E-state index contributed by atoms with van der Waals surface area (Å²) in [5.74, 6) is 0. The number of hydrogen-bond acceptors (Lipinski definition) is 2. The van der Waals surface area contributed by atoms with Gasteiger partial charge in [-0.2, -0.15) is 5.10 Å². The number of hydrazone groups is 1. The van der Waals surface area contributed by atoms with Crippen LogP contribution in [0.2, 0.25) is 0 Å². The van der Waals surface area contributed by atoms with E-state index in [9.17, 15) is 0 Å². The fourth-order valence-corrected chi connectivity index (χ4v) is 1.88. The third-order valence-electron chi connectivity index (χ3n) is 2.74. The maximum absolute atomic E-state index is 4.43. The van der Waals surface area contributed by atoms with Crippen molar-refractivity contribution in [2.45, 2.75) is 33.6 Å². The Balaban J connectivity index is 3.08. The molecule has 1 aromatic carbocycles. The molecule has 0 heterocycles. The molecule has 0 atom stereocenters. The van der Waals surface area contributed by atoms with Crippen molar-refractivity contribution in [3.05, 3.63) is 34.9 Å². The molecule has 1 rings (SSSR count). The maximum Gasteiger partial charge on any atom is 0.0646 e. The highest BCUT2D eigenvalue weighted by Gasteiger charge is 2.03. The van der Waals surface area contributed by atoms with Crippen LogP contribution in [-0.4, -0.2) is 24.8 Å². The van der Waals surface area contributed by atoms with E-state index < -0.39 is 0 Å². The first-order chi connectivity index (χ1) is 7.58. The molecular formula is C14H22N2. The van der Waals surface area contributed by atoms with E-state index in [-0.39, 0.29) is 0 Å². The number of aryl methyl sites for hydroxylation is 2. The molecule has 0 aliphatic heterocycles. The lowest BCUT2D eigenvalue weighted by atomic mass is 9.98. The van der Waals surface area contributed by atoms with Gasteiger partial charge in [0, 0.05) is 14.1 Å². The predicted octanol–water partition coefficient (Wildman–Crippen LogP) is 3.10. The third-order valence-corrected chi connectivity index (χ3v) is 2.74. The van der Waals surface area contributed by atoms with Crippen LogP contribution in [0.4, 0.5) is 0 Å². The Kier molecular flexibility index (Phi) is 4.53. The first-order valence-corrected chi connectivity index (χ1v) is 5.93. The largest absolute Gasteiger partial charge is 0.303 e. The van der Waals surface area contributed by atoms with E-state index in [0.29, 0.717) is 0 Å². The fraction of sp³-hybridized carbons (Fsp3) is 0.500. The van der Waals surface area contributed by atoms with Crippen LogP contribution in [0.5, 0.6) is 0 Å². The van der Waals surface area contributed by atoms with Gasteiger partial charge in [0.05, 0.1) is 5.71 Å². The Morgan fingerprint density at radius 3 is 2.25 bits per heavy atom. The molecule has 0 amide bonds. The highest BCUT2D eigenvalue weighted by atomic mass is 15.4. The fourth-order valence-electron chi connectivity index (χ4n) is 1.88. The van der Waals surface area contributed by atoms with Crippen molar-refractivity contribution in [2.24, 2.45) is 5.10 Å². The van der Waals surface area contributed by atoms with Crippen LogP contribution in [0, 0.1) is 0 Å². The molecule has 0 aliphatic carbocycles. The molecule has 1 aromatic rings. The topological polar surface area (TPSA) is 15.6 Å². The zero-order valence-electron chi connectivity index (χ0n) is 11.0. The molecule has 16 heavy (non-hydrogen) atoms. The van der Waals surface area contributed by atoms with Gasteiger partial charge in [0.15, 0.2) is 0 Å². The lowest BCUT2D eigenvalue weighted by Gasteiger charge is -2.11. The molecule has 0 unspecified atom stereocenters. The zero-order valence-corrected chi connectivity index (χ0v) is 11.0. The second-order valence-electron chi connectivity index (χ2n) is 4.22. The van der Waals surface area contributed by atoms with E-state index in [1.807, 2.05) is 19.1 Å². The molecule has 2 heteroatoms. The Morgan fingerprint density at radius 2 is 1.75 bits per heavy atom. The summed E-state index contributed by atoms with van der Waals surface area (Å²) in [6.45, 7) is 6.46. The summed E-state index contributed by atoms with van der Waals surface area (Å²) < 4.78 is 0. The van der Waals surface area contributed by atoms with E-state index in [0.717, 1.165) is 18.6 Å². The van der Waals surface area contributed by atoms with Crippen molar-refractivity contribution in [1.82, 2.24) is 5.01 Å². The smallest absolute Gasteiger partial charge is 0.0646 e. The highest BCUT2D eigenvalue weighted by molar-refractivity contribution is 5.98. The van der Waals surface area contributed by atoms with Gasteiger partial charge >= 0.3 is 0 Å². The molecule has 2 nitrogen and oxygen atoms in total. The molecule has 88 valence electrons. The number of nitrogens with zero attached hydrogens (tertiary/aromatic N) is 2. The average molecular weight is 218 g/mol. The van der Waals surface area contributed by atoms with Crippen molar-refractivity contribution >= 4 is 5.71 Å². The van der Waals surface area contributed by atoms with Crippen molar-refractivity contribution in [3.63, 3.8) is 0 Å². The summed E-state index contributed by atoms with van der Waals surface area (Å²) in [6, 6.07) is 6.66. The standard InChI is InChI=1S/C14H22N2/c1-6-12-8-9-14(10-13(12)7-2)11(3)15-16(4)5/h8-10H,6-7H2,1-5H3. The van der Waals surface area contributed by atoms with Gasteiger partial charge in [-0.05, 0) is 42.5 Å². The van der Waals surface area contributed by atoms with E-state index in [1.165, 1.54) is 16.7 Å². The summed E-state index contributed by atoms with van der Waals surface area (Å²) in [4.78, 5) is 0. The molecule has 0 fully saturated rings. The SMILES string of the molecule is CCc1ccc(C(C)=NN(C)C)cc1CC. The van der Waals surface area contributed by atoms with E-state index in [2.05, 4.69) is 44.1 Å². The normalized spacial score (nSPS) is 11.7. The van der Waals surface area contributed by atoms with Crippen molar-refractivity contribution in [2.75, 3.05) is 14.1 Å². The molecule has 0 radical (unpaired) electrons. The van der Waals surface area contributed by atoms with Gasteiger partial charge in [0.1, 0.15) is 0 Å². The monoisotopic (exact) mass is 218 g/mol. The first kappa shape index (κ1) is 12.8. The van der Waals surface area contributed by atoms with Crippen molar-refractivity contribution in [3.8, 4) is 0 Å². The minimum absolute atomic E-state index is 1.07. The van der Waals surface area contributed by atoms with Crippen LogP contribution < -0.4 is 0 Å². The van der Waals surface area contributed by atoms with Crippen molar-refractivity contribution in [1.29, 1.82) is 0 Å². The van der Waals surface area contributed by atoms with Gasteiger partial charge in [-0.3, -0.25) is 0 Å². The second-order valence-corrected chi connectivity index (χ2v) is 4.22. The van der Waals surface area contributed by atoms with Crippen LogP contribution >= 0.6 is 0 Å². The predicted molar refractivity (Wildman–Crippen MR) is 71.1 cm³/mol. The quantitative estimate of drug-likeness (QED) is 0.560. The number of benzene rings is 1. The average Bonchev–Trinajstić information content (AvgIpc) is 2.27. The molecule has 0 N–H and O–H groups in total. The Morgan fingerprint density at radius 1 is 1.12 bits per heavy atom. The molecule has 0 spiro atoms. The van der Waals surface area contributed by atoms with Gasteiger partial charge in [-0.25, -0.2) is 0 Å². The van der Waals surface area contributed by atoms with Gasteiger partial charge in [0.25, 0.3) is 0 Å². The zero-order chi connectivity index (χ0) is 12.1. The van der Waals surface area contributed by atoms with Gasteiger partial charge in [-0.15, -0.1) is 0 Å². The highest BCUT2D eigenvalue weighted by Crippen LogP contribution is 2.14. The minimum atomic E-state index is 1.07. The van der Waals surface area contributed by atoms with Crippen LogP contribution in [0.15, 0.2) is 23.3 Å². The minimum Gasteiger partial charge on any atom is -0.303 e. The summed E-state index contributed by atoms with van der Waals surface area (Å²) in [6.07, 6.45) is 2.19. The molecule has 0 bridgehead atoms. The summed E-state index contributed by atoms with van der Waals surface area (Å²) in [7, 11) is 3.90. The molecule has 0 saturated heterocycles. The van der Waals surface area contributed by atoms with Gasteiger partial charge in [0.2, 0.25) is 0 Å². The van der Waals surface area contributed by atoms with E-state index in [1.54, 1.807) is 0 Å². The molecule has 0 aliphatic rings. The van der Waals surface area contributed by atoms with Crippen LogP contribution in [0.1, 0.15) is 37.5 Å². The molecule has 0 saturated carbocycles. The van der Waals surface area contributed by atoms with Gasteiger partial charge < -0.3 is 5.01 Å². The van der Waals surface area contributed by atoms with Crippen LogP contribution in [0.3, 0.4) is 0 Å². The lowest BCUT2D eigenvalue weighted by Crippen LogP contribution is -2.08. The summed E-state index contributed by atoms with van der Waals surface area (Å²) in [5, 5.41) is 6.27. The Labute approximate surface area is 99.0 Å². The Hall–Kier alpha value is -1.31. The molecule has 0 aromatic heterocycles. The number of rotatable bonds is 4. The second kappa shape index (κ2) is 5.69. The number of hydrogen-bond donors (Lipinski definition) is 0. The lowest BCUT2D eigenvalue weighted by molar-refractivity contribution is 0.438.